The van der Waals surface area contributed by atoms with Gasteiger partial charge in [-0.3, -0.25) is 4.79 Å². The number of H-pyrrole nitrogens is 2. The molecule has 5 aromatic rings. The fourth-order valence-corrected chi connectivity index (χ4v) is 2.95. The number of hydrogen-bond donors (Lipinski definition) is 4. The summed E-state index contributed by atoms with van der Waals surface area (Å²) in [7, 11) is 0. The van der Waals surface area contributed by atoms with Crippen LogP contribution >= 0.6 is 0 Å². The third-order valence-corrected chi connectivity index (χ3v) is 4.27. The van der Waals surface area contributed by atoms with Crippen molar-refractivity contribution in [3.63, 3.8) is 0 Å². The Morgan fingerprint density at radius 2 is 1.27 bits per heavy atom. The Bertz CT molecular complexity index is 1220. The molecule has 0 fully saturated rings. The van der Waals surface area contributed by atoms with E-state index in [1.807, 2.05) is 18.3 Å². The zero-order chi connectivity index (χ0) is 21.3. The fraction of sp³-hybridized carbons (Fsp3) is 0. The number of rotatable bonds is 2. The second kappa shape index (κ2) is 9.75. The van der Waals surface area contributed by atoms with Crippen LogP contribution in [-0.2, 0) is 9.59 Å². The molecule has 3 aromatic carbocycles. The molecule has 6 nitrogen and oxygen atoms in total. The van der Waals surface area contributed by atoms with E-state index < -0.39 is 11.9 Å². The second-order valence-corrected chi connectivity index (χ2v) is 6.36. The van der Waals surface area contributed by atoms with Gasteiger partial charge in [-0.15, -0.1) is 0 Å². The maximum absolute atomic E-state index is 9.78. The Balaban J connectivity index is 0.000000134. The van der Waals surface area contributed by atoms with Gasteiger partial charge in [0.2, 0.25) is 5.91 Å². The summed E-state index contributed by atoms with van der Waals surface area (Å²) in [6, 6.07) is 27.0. The number of fused-ring (bicyclic) bond motifs is 4. The smallest absolute Gasteiger partial charge is 0.328 e. The summed E-state index contributed by atoms with van der Waals surface area (Å²) in [4.78, 5) is 25.9. The largest absolute Gasteiger partial charge is 0.478 e. The number of carboxylic acid groups (broad SMARTS) is 1. The molecular formula is C24H21N3O3. The van der Waals surface area contributed by atoms with Gasteiger partial charge in [-0.2, -0.15) is 0 Å². The SMILES string of the molecule is NC(=O)/C=C\C(=O)O.c1ccc2[nH]ccc2c1.c1ccc2c(c1)[nH]c1ccccc12. The van der Waals surface area contributed by atoms with E-state index in [1.165, 1.54) is 32.7 Å². The molecule has 0 spiro atoms. The van der Waals surface area contributed by atoms with Crippen molar-refractivity contribution < 1.29 is 14.7 Å². The van der Waals surface area contributed by atoms with Crippen LogP contribution in [0, 0.1) is 0 Å². The molecule has 0 saturated carbocycles. The van der Waals surface area contributed by atoms with Crippen LogP contribution in [0.4, 0.5) is 0 Å². The Morgan fingerprint density at radius 1 is 0.733 bits per heavy atom. The first-order valence-corrected chi connectivity index (χ1v) is 9.22. The van der Waals surface area contributed by atoms with E-state index in [0.717, 1.165) is 6.08 Å². The molecule has 0 aliphatic heterocycles. The number of carbonyl (C=O) groups excluding carboxylic acids is 1. The number of carbonyl (C=O) groups is 2. The van der Waals surface area contributed by atoms with E-state index in [0.29, 0.717) is 6.08 Å². The summed E-state index contributed by atoms with van der Waals surface area (Å²) in [5.41, 5.74) is 8.18. The fourth-order valence-electron chi connectivity index (χ4n) is 2.95. The topological polar surface area (TPSA) is 112 Å². The quantitative estimate of drug-likeness (QED) is 0.325. The van der Waals surface area contributed by atoms with E-state index >= 15 is 0 Å². The van der Waals surface area contributed by atoms with E-state index in [1.54, 1.807) is 0 Å². The molecule has 5 N–H and O–H groups in total. The minimum absolute atomic E-state index is 0.683. The number of nitrogens with two attached hydrogens (primary N) is 1. The van der Waals surface area contributed by atoms with Gasteiger partial charge in [-0.05, 0) is 29.7 Å². The molecule has 2 heterocycles. The van der Waals surface area contributed by atoms with Gasteiger partial charge in [0.25, 0.3) is 0 Å². The van der Waals surface area contributed by atoms with Crippen molar-refractivity contribution in [2.75, 3.05) is 0 Å². The highest BCUT2D eigenvalue weighted by Gasteiger charge is 2.00. The standard InChI is InChI=1S/C12H9N.C8H7N.C4H5NO3/c1-3-7-11-9(5-1)10-6-2-4-8-12(10)13-11;1-2-4-8-7(3-1)5-6-9-8;5-3(6)1-2-4(7)8/h1-8,13H;1-6,9H;1-2H,(H2,5,6)(H,7,8)/b;;2-1-. The minimum atomic E-state index is -1.18. The first-order valence-electron chi connectivity index (χ1n) is 9.22. The van der Waals surface area contributed by atoms with Crippen LogP contribution < -0.4 is 5.73 Å². The molecule has 0 radical (unpaired) electrons. The number of aliphatic carboxylic acids is 1. The average Bonchev–Trinajstić information content (AvgIpc) is 3.37. The molecule has 1 amide bonds. The Hall–Kier alpha value is -4.32. The molecule has 0 atom stereocenters. The van der Waals surface area contributed by atoms with Crippen molar-refractivity contribution in [1.82, 2.24) is 9.97 Å². The summed E-state index contributed by atoms with van der Waals surface area (Å²) in [6.07, 6.45) is 3.41. The lowest BCUT2D eigenvalue weighted by molar-refractivity contribution is -0.131. The van der Waals surface area contributed by atoms with E-state index in [-0.39, 0.29) is 0 Å². The van der Waals surface area contributed by atoms with E-state index in [4.69, 9.17) is 5.11 Å². The first kappa shape index (κ1) is 20.4. The molecule has 0 aliphatic carbocycles. The Morgan fingerprint density at radius 3 is 1.77 bits per heavy atom. The van der Waals surface area contributed by atoms with Crippen LogP contribution in [-0.4, -0.2) is 27.0 Å². The predicted octanol–water partition coefficient (Wildman–Crippen LogP) is 4.60. The maximum atomic E-state index is 9.78. The average molecular weight is 399 g/mol. The van der Waals surface area contributed by atoms with Crippen LogP contribution in [0.1, 0.15) is 0 Å². The van der Waals surface area contributed by atoms with Gasteiger partial charge in [-0.1, -0.05) is 54.6 Å². The third kappa shape index (κ3) is 5.36. The van der Waals surface area contributed by atoms with Crippen LogP contribution in [0.5, 0.6) is 0 Å². The molecule has 2 aromatic heterocycles. The van der Waals surface area contributed by atoms with Crippen molar-refractivity contribution in [2.24, 2.45) is 5.73 Å². The van der Waals surface area contributed by atoms with Gasteiger partial charge in [-0.25, -0.2) is 4.79 Å². The molecule has 0 saturated heterocycles. The van der Waals surface area contributed by atoms with Gasteiger partial charge in [0, 0.05) is 45.7 Å². The zero-order valence-electron chi connectivity index (χ0n) is 16.1. The maximum Gasteiger partial charge on any atom is 0.328 e. The summed E-state index contributed by atoms with van der Waals surface area (Å²) < 4.78 is 0. The van der Waals surface area contributed by atoms with E-state index in [2.05, 4.69) is 82.4 Å². The summed E-state index contributed by atoms with van der Waals surface area (Å²) in [6.45, 7) is 0. The van der Waals surface area contributed by atoms with Gasteiger partial charge >= 0.3 is 5.97 Å². The van der Waals surface area contributed by atoms with Crippen LogP contribution in [0.2, 0.25) is 0 Å². The lowest BCUT2D eigenvalue weighted by Crippen LogP contribution is -2.06. The minimum Gasteiger partial charge on any atom is -0.478 e. The number of hydrogen-bond acceptors (Lipinski definition) is 2. The highest BCUT2D eigenvalue weighted by molar-refractivity contribution is 6.06. The summed E-state index contributed by atoms with van der Waals surface area (Å²) >= 11 is 0. The molecule has 5 rings (SSSR count). The molecule has 0 aliphatic rings. The summed E-state index contributed by atoms with van der Waals surface area (Å²) in [5, 5.41) is 11.8. The Labute approximate surface area is 172 Å². The molecule has 0 unspecified atom stereocenters. The van der Waals surface area contributed by atoms with Gasteiger partial charge in [0.15, 0.2) is 0 Å². The van der Waals surface area contributed by atoms with Crippen molar-refractivity contribution in [1.29, 1.82) is 0 Å². The monoisotopic (exact) mass is 399 g/mol. The lowest BCUT2D eigenvalue weighted by atomic mass is 10.2. The predicted molar refractivity (Wildman–Crippen MR) is 120 cm³/mol. The van der Waals surface area contributed by atoms with Crippen LogP contribution in [0.3, 0.4) is 0 Å². The van der Waals surface area contributed by atoms with E-state index in [9.17, 15) is 9.59 Å². The number of carboxylic acids is 1. The summed E-state index contributed by atoms with van der Waals surface area (Å²) in [5.74, 6) is -1.93. The van der Waals surface area contributed by atoms with Crippen molar-refractivity contribution in [3.05, 3.63) is 97.2 Å². The molecular weight excluding hydrogens is 378 g/mol. The number of aromatic amines is 2. The first-order chi connectivity index (χ1) is 14.5. The van der Waals surface area contributed by atoms with Crippen molar-refractivity contribution >= 4 is 44.6 Å². The number of primary amides is 1. The van der Waals surface area contributed by atoms with Gasteiger partial charge in [0.1, 0.15) is 0 Å². The normalized spacial score (nSPS) is 10.4. The highest BCUT2D eigenvalue weighted by Crippen LogP contribution is 2.24. The van der Waals surface area contributed by atoms with Gasteiger partial charge < -0.3 is 20.8 Å². The molecule has 0 bridgehead atoms. The number of benzene rings is 3. The highest BCUT2D eigenvalue weighted by atomic mass is 16.4. The lowest BCUT2D eigenvalue weighted by Gasteiger charge is -1.87. The van der Waals surface area contributed by atoms with Crippen LogP contribution in [0.25, 0.3) is 32.7 Å². The second-order valence-electron chi connectivity index (χ2n) is 6.36. The number of nitrogens with one attached hydrogen (secondary N) is 2. The number of aromatic nitrogens is 2. The molecule has 150 valence electrons. The van der Waals surface area contributed by atoms with Gasteiger partial charge in [0.05, 0.1) is 0 Å². The zero-order valence-corrected chi connectivity index (χ0v) is 16.1. The van der Waals surface area contributed by atoms with Crippen LogP contribution in [0.15, 0.2) is 97.2 Å². The number of amides is 1. The Kier molecular flexibility index (Phi) is 6.63. The molecule has 6 heteroatoms. The number of para-hydroxylation sites is 3. The van der Waals surface area contributed by atoms with Crippen molar-refractivity contribution in [2.45, 2.75) is 0 Å². The third-order valence-electron chi connectivity index (χ3n) is 4.27. The van der Waals surface area contributed by atoms with Crippen molar-refractivity contribution in [3.8, 4) is 0 Å². The molecule has 30 heavy (non-hydrogen) atoms.